The third-order valence-corrected chi connectivity index (χ3v) is 4.54. The number of hydrazone groups is 1. The van der Waals surface area contributed by atoms with Crippen LogP contribution < -0.4 is 10.3 Å². The number of phenols is 1. The molecule has 0 radical (unpaired) electrons. The lowest BCUT2D eigenvalue weighted by atomic mass is 10.0. The molecule has 0 aliphatic carbocycles. The van der Waals surface area contributed by atoms with Crippen molar-refractivity contribution in [3.63, 3.8) is 0 Å². The highest BCUT2D eigenvalue weighted by Gasteiger charge is 2.29. The van der Waals surface area contributed by atoms with Crippen LogP contribution in [0.15, 0.2) is 41.5 Å². The number of piperidine rings is 1. The number of nitrogens with one attached hydrogen (secondary N) is 2. The Morgan fingerprint density at radius 3 is 2.96 bits per heavy atom. The van der Waals surface area contributed by atoms with Gasteiger partial charge in [0.2, 0.25) is 0 Å². The highest BCUT2D eigenvalue weighted by Crippen LogP contribution is 2.25. The average Bonchev–Trinajstić information content (AvgIpc) is 2.57. The van der Waals surface area contributed by atoms with E-state index in [1.807, 2.05) is 37.4 Å². The minimum absolute atomic E-state index is 0.0398. The van der Waals surface area contributed by atoms with E-state index in [2.05, 4.69) is 10.5 Å². The number of hydrogen-bond acceptors (Lipinski definition) is 3. The summed E-state index contributed by atoms with van der Waals surface area (Å²) in [6.07, 6.45) is 4.67. The first-order chi connectivity index (χ1) is 11.2. The molecule has 1 heterocycles. The lowest BCUT2D eigenvalue weighted by Crippen LogP contribution is -3.15. The van der Waals surface area contributed by atoms with Gasteiger partial charge in [0.05, 0.1) is 19.8 Å². The van der Waals surface area contributed by atoms with Crippen molar-refractivity contribution >= 4 is 22.9 Å². The molecule has 1 saturated heterocycles. The molecule has 2 aromatic carbocycles. The number of likely N-dealkylation sites (tertiary alicyclic amines) is 1. The lowest BCUT2D eigenvalue weighted by molar-refractivity contribution is -0.901. The zero-order chi connectivity index (χ0) is 16.2. The SMILES string of the molecule is C[NH+]1CCCCC1C(=O)N/N=C/c1c(O)ccc2ccccc12. The highest BCUT2D eigenvalue weighted by molar-refractivity contribution is 6.02. The van der Waals surface area contributed by atoms with Crippen molar-refractivity contribution < 1.29 is 14.8 Å². The van der Waals surface area contributed by atoms with Gasteiger partial charge in [0.25, 0.3) is 5.91 Å². The van der Waals surface area contributed by atoms with E-state index < -0.39 is 0 Å². The normalized spacial score (nSPS) is 21.6. The van der Waals surface area contributed by atoms with E-state index in [9.17, 15) is 9.90 Å². The summed E-state index contributed by atoms with van der Waals surface area (Å²) in [4.78, 5) is 13.5. The second-order valence-corrected chi connectivity index (χ2v) is 6.10. The van der Waals surface area contributed by atoms with Gasteiger partial charge < -0.3 is 10.0 Å². The van der Waals surface area contributed by atoms with Gasteiger partial charge in [0.15, 0.2) is 6.04 Å². The van der Waals surface area contributed by atoms with Gasteiger partial charge in [-0.25, -0.2) is 5.43 Å². The molecule has 1 aliphatic heterocycles. The minimum atomic E-state index is -0.0572. The summed E-state index contributed by atoms with van der Waals surface area (Å²) in [7, 11) is 2.05. The van der Waals surface area contributed by atoms with Gasteiger partial charge in [-0.05, 0) is 29.7 Å². The second-order valence-electron chi connectivity index (χ2n) is 6.10. The first kappa shape index (κ1) is 15.5. The van der Waals surface area contributed by atoms with Gasteiger partial charge in [0, 0.05) is 12.0 Å². The van der Waals surface area contributed by atoms with E-state index in [1.54, 1.807) is 6.07 Å². The second kappa shape index (κ2) is 6.79. The van der Waals surface area contributed by atoms with E-state index >= 15 is 0 Å². The predicted molar refractivity (Wildman–Crippen MR) is 90.7 cm³/mol. The van der Waals surface area contributed by atoms with Crippen LogP contribution in [-0.2, 0) is 4.79 Å². The maximum atomic E-state index is 12.2. The number of amides is 1. The van der Waals surface area contributed by atoms with Crippen LogP contribution in [0, 0.1) is 0 Å². The van der Waals surface area contributed by atoms with Gasteiger partial charge in [-0.15, -0.1) is 0 Å². The smallest absolute Gasteiger partial charge is 0.298 e. The summed E-state index contributed by atoms with van der Waals surface area (Å²) in [5.41, 5.74) is 3.24. The molecule has 23 heavy (non-hydrogen) atoms. The van der Waals surface area contributed by atoms with Crippen LogP contribution in [0.5, 0.6) is 5.75 Å². The summed E-state index contributed by atoms with van der Waals surface area (Å²) >= 11 is 0. The van der Waals surface area contributed by atoms with E-state index in [1.165, 1.54) is 17.5 Å². The van der Waals surface area contributed by atoms with E-state index in [4.69, 9.17) is 0 Å². The molecule has 0 spiro atoms. The molecular weight excluding hydrogens is 290 g/mol. The Morgan fingerprint density at radius 1 is 1.30 bits per heavy atom. The van der Waals surface area contributed by atoms with Crippen LogP contribution in [0.2, 0.25) is 0 Å². The molecule has 0 aromatic heterocycles. The number of quaternary nitrogens is 1. The number of carbonyl (C=O) groups excluding carboxylic acids is 1. The highest BCUT2D eigenvalue weighted by atomic mass is 16.3. The van der Waals surface area contributed by atoms with Crippen LogP contribution in [0.25, 0.3) is 10.8 Å². The molecule has 3 N–H and O–H groups in total. The molecule has 1 amide bonds. The number of hydrogen-bond donors (Lipinski definition) is 3. The molecule has 5 nitrogen and oxygen atoms in total. The summed E-state index contributed by atoms with van der Waals surface area (Å²) < 4.78 is 0. The van der Waals surface area contributed by atoms with E-state index in [0.29, 0.717) is 5.56 Å². The number of rotatable bonds is 3. The van der Waals surface area contributed by atoms with Gasteiger partial charge in [-0.2, -0.15) is 5.10 Å². The van der Waals surface area contributed by atoms with Crippen molar-refractivity contribution in [3.8, 4) is 5.75 Å². The molecule has 5 heteroatoms. The molecule has 120 valence electrons. The number of fused-ring (bicyclic) bond motifs is 1. The van der Waals surface area contributed by atoms with Crippen molar-refractivity contribution in [1.82, 2.24) is 5.43 Å². The fourth-order valence-electron chi connectivity index (χ4n) is 3.19. The Morgan fingerprint density at radius 2 is 2.13 bits per heavy atom. The van der Waals surface area contributed by atoms with Crippen molar-refractivity contribution in [3.05, 3.63) is 42.0 Å². The molecule has 1 fully saturated rings. The van der Waals surface area contributed by atoms with Gasteiger partial charge >= 0.3 is 0 Å². The number of aromatic hydroxyl groups is 1. The Kier molecular flexibility index (Phi) is 4.57. The van der Waals surface area contributed by atoms with E-state index in [-0.39, 0.29) is 17.7 Å². The maximum absolute atomic E-state index is 12.2. The molecule has 1 aliphatic rings. The van der Waals surface area contributed by atoms with Crippen LogP contribution >= 0.6 is 0 Å². The number of likely N-dealkylation sites (N-methyl/N-ethyl adjacent to an activating group) is 1. The number of phenolic OH excluding ortho intramolecular Hbond substituents is 1. The third-order valence-electron chi connectivity index (χ3n) is 4.54. The van der Waals surface area contributed by atoms with Crippen LogP contribution in [0.1, 0.15) is 24.8 Å². The molecule has 2 unspecified atom stereocenters. The summed E-state index contributed by atoms with van der Waals surface area (Å²) in [5, 5.41) is 16.1. The van der Waals surface area contributed by atoms with Crippen molar-refractivity contribution in [2.24, 2.45) is 5.10 Å². The molecular formula is C18H22N3O2+. The standard InChI is InChI=1S/C18H21N3O2/c1-21-11-5-4-8-16(21)18(23)20-19-12-15-14-7-3-2-6-13(14)9-10-17(15)22/h2-3,6-7,9-10,12,16,22H,4-5,8,11H2,1H3,(H,20,23)/p+1/b19-12+. The van der Waals surface area contributed by atoms with Crippen molar-refractivity contribution in [2.75, 3.05) is 13.6 Å². The van der Waals surface area contributed by atoms with Crippen LogP contribution in [0.4, 0.5) is 0 Å². The molecule has 3 rings (SSSR count). The monoisotopic (exact) mass is 312 g/mol. The largest absolute Gasteiger partial charge is 0.507 e. The summed E-state index contributed by atoms with van der Waals surface area (Å²) in [5.74, 6) is 0.0975. The number of carbonyl (C=O) groups is 1. The summed E-state index contributed by atoms with van der Waals surface area (Å²) in [6, 6.07) is 11.2. The van der Waals surface area contributed by atoms with Gasteiger partial charge in [-0.3, -0.25) is 4.79 Å². The number of benzene rings is 2. The zero-order valence-corrected chi connectivity index (χ0v) is 13.2. The first-order valence-corrected chi connectivity index (χ1v) is 8.03. The predicted octanol–water partition coefficient (Wildman–Crippen LogP) is 1.06. The summed E-state index contributed by atoms with van der Waals surface area (Å²) in [6.45, 7) is 1.02. The van der Waals surface area contributed by atoms with Gasteiger partial charge in [0.1, 0.15) is 5.75 Å². The Balaban J connectivity index is 1.75. The van der Waals surface area contributed by atoms with E-state index in [0.717, 1.165) is 30.2 Å². The van der Waals surface area contributed by atoms with Crippen molar-refractivity contribution in [2.45, 2.75) is 25.3 Å². The van der Waals surface area contributed by atoms with Crippen LogP contribution in [0.3, 0.4) is 0 Å². The molecule has 0 saturated carbocycles. The van der Waals surface area contributed by atoms with Gasteiger partial charge in [-0.1, -0.05) is 30.3 Å². The molecule has 0 bridgehead atoms. The fourth-order valence-corrected chi connectivity index (χ4v) is 3.19. The Hall–Kier alpha value is -2.40. The zero-order valence-electron chi connectivity index (χ0n) is 13.2. The molecule has 2 aromatic rings. The molecule has 2 atom stereocenters. The quantitative estimate of drug-likeness (QED) is 0.586. The first-order valence-electron chi connectivity index (χ1n) is 8.03. The minimum Gasteiger partial charge on any atom is -0.507 e. The number of nitrogens with zero attached hydrogens (tertiary/aromatic N) is 1. The third kappa shape index (κ3) is 3.35. The van der Waals surface area contributed by atoms with Crippen LogP contribution in [-0.4, -0.2) is 36.9 Å². The lowest BCUT2D eigenvalue weighted by Gasteiger charge is -2.27. The van der Waals surface area contributed by atoms with Crippen molar-refractivity contribution in [1.29, 1.82) is 0 Å². The fraction of sp³-hybridized carbons (Fsp3) is 0.333. The maximum Gasteiger partial charge on any atom is 0.298 e. The Bertz CT molecular complexity index is 742. The Labute approximate surface area is 135 Å². The topological polar surface area (TPSA) is 66.1 Å². The average molecular weight is 312 g/mol.